The molecule has 0 N–H and O–H groups in total. The molecule has 2 aromatic carbocycles. The number of aromatic nitrogens is 3. The van der Waals surface area contributed by atoms with Gasteiger partial charge >= 0.3 is 5.97 Å². The van der Waals surface area contributed by atoms with Gasteiger partial charge in [0.05, 0.1) is 18.9 Å². The van der Waals surface area contributed by atoms with Gasteiger partial charge in [-0.3, -0.25) is 4.68 Å². The zero-order valence-corrected chi connectivity index (χ0v) is 15.6. The minimum absolute atomic E-state index is 0.0245. The van der Waals surface area contributed by atoms with Gasteiger partial charge < -0.3 is 9.15 Å². The van der Waals surface area contributed by atoms with Gasteiger partial charge in [-0.25, -0.2) is 9.78 Å². The Balaban J connectivity index is 1.29. The number of nitrogens with zero attached hydrogens (tertiary/aromatic N) is 3. The lowest BCUT2D eigenvalue weighted by Gasteiger charge is -2.00. The average molecular weight is 385 g/mol. The van der Waals surface area contributed by atoms with E-state index in [2.05, 4.69) is 10.1 Å². The van der Waals surface area contributed by atoms with Crippen LogP contribution in [0.1, 0.15) is 17.0 Å². The van der Waals surface area contributed by atoms with Crippen molar-refractivity contribution in [1.82, 2.24) is 14.8 Å². The number of carbonyl (C=O) groups excluding carboxylic acids is 1. The second-order valence-electron chi connectivity index (χ2n) is 6.38. The molecule has 0 aliphatic rings. The van der Waals surface area contributed by atoms with Crippen LogP contribution in [-0.4, -0.2) is 20.7 Å². The number of hydrogen-bond donors (Lipinski definition) is 0. The average Bonchev–Trinajstić information content (AvgIpc) is 3.42. The fourth-order valence-corrected chi connectivity index (χ4v) is 2.78. The SMILES string of the molecule is O=C(/C=C/c1cnn(Cc2ccccc2)c1)OCc1ncc(-c2ccccc2)o1. The van der Waals surface area contributed by atoms with E-state index in [0.29, 0.717) is 18.2 Å². The number of benzene rings is 2. The zero-order valence-electron chi connectivity index (χ0n) is 15.6. The fourth-order valence-electron chi connectivity index (χ4n) is 2.78. The highest BCUT2D eigenvalue weighted by atomic mass is 16.5. The maximum absolute atomic E-state index is 12.0. The maximum Gasteiger partial charge on any atom is 0.331 e. The summed E-state index contributed by atoms with van der Waals surface area (Å²) < 4.78 is 12.6. The van der Waals surface area contributed by atoms with E-state index >= 15 is 0 Å². The third kappa shape index (κ3) is 5.07. The molecule has 0 bridgehead atoms. The fraction of sp³-hybridized carbons (Fsp3) is 0.0870. The molecule has 0 saturated heterocycles. The van der Waals surface area contributed by atoms with Crippen molar-refractivity contribution in [2.75, 3.05) is 0 Å². The molecule has 144 valence electrons. The van der Waals surface area contributed by atoms with Crippen molar-refractivity contribution >= 4 is 12.0 Å². The van der Waals surface area contributed by atoms with Gasteiger partial charge in [0, 0.05) is 23.4 Å². The third-order valence-electron chi connectivity index (χ3n) is 4.20. The van der Waals surface area contributed by atoms with Crippen LogP contribution in [0, 0.1) is 0 Å². The molecule has 2 aromatic heterocycles. The van der Waals surface area contributed by atoms with Crippen LogP contribution in [0.4, 0.5) is 0 Å². The Labute approximate surface area is 168 Å². The van der Waals surface area contributed by atoms with E-state index in [-0.39, 0.29) is 6.61 Å². The summed E-state index contributed by atoms with van der Waals surface area (Å²) in [5, 5.41) is 4.30. The first-order valence-electron chi connectivity index (χ1n) is 9.17. The Morgan fingerprint density at radius 1 is 1.03 bits per heavy atom. The molecule has 0 radical (unpaired) electrons. The van der Waals surface area contributed by atoms with Gasteiger partial charge in [0.25, 0.3) is 0 Å². The van der Waals surface area contributed by atoms with Crippen molar-refractivity contribution in [1.29, 1.82) is 0 Å². The van der Waals surface area contributed by atoms with Crippen molar-refractivity contribution < 1.29 is 13.9 Å². The summed E-state index contributed by atoms with van der Waals surface area (Å²) >= 11 is 0. The van der Waals surface area contributed by atoms with Gasteiger partial charge in [0.2, 0.25) is 5.89 Å². The van der Waals surface area contributed by atoms with Crippen LogP contribution in [0.5, 0.6) is 0 Å². The highest BCUT2D eigenvalue weighted by Crippen LogP contribution is 2.20. The zero-order chi connectivity index (χ0) is 19.9. The molecule has 0 spiro atoms. The van der Waals surface area contributed by atoms with Gasteiger partial charge in [-0.1, -0.05) is 60.7 Å². The van der Waals surface area contributed by atoms with Gasteiger partial charge in [-0.2, -0.15) is 5.10 Å². The summed E-state index contributed by atoms with van der Waals surface area (Å²) in [6, 6.07) is 19.7. The molecule has 29 heavy (non-hydrogen) atoms. The molecule has 0 amide bonds. The molecule has 4 rings (SSSR count). The smallest absolute Gasteiger partial charge is 0.331 e. The molecule has 2 heterocycles. The number of esters is 1. The predicted octanol–water partition coefficient (Wildman–Crippen LogP) is 4.34. The van der Waals surface area contributed by atoms with Gasteiger partial charge in [0.15, 0.2) is 12.4 Å². The number of rotatable bonds is 7. The Morgan fingerprint density at radius 2 is 1.79 bits per heavy atom. The van der Waals surface area contributed by atoms with Crippen molar-refractivity contribution in [3.05, 3.63) is 102 Å². The minimum Gasteiger partial charge on any atom is -0.453 e. The van der Waals surface area contributed by atoms with E-state index in [4.69, 9.17) is 9.15 Å². The first-order chi connectivity index (χ1) is 14.3. The summed E-state index contributed by atoms with van der Waals surface area (Å²) in [7, 11) is 0. The molecular weight excluding hydrogens is 366 g/mol. The number of oxazole rings is 1. The Bertz CT molecular complexity index is 1100. The van der Waals surface area contributed by atoms with Gasteiger partial charge in [-0.15, -0.1) is 0 Å². The Hall–Kier alpha value is -3.93. The molecule has 0 unspecified atom stereocenters. The van der Waals surface area contributed by atoms with Crippen LogP contribution in [0.2, 0.25) is 0 Å². The molecule has 0 saturated carbocycles. The minimum atomic E-state index is -0.472. The van der Waals surface area contributed by atoms with Crippen molar-refractivity contribution in [3.8, 4) is 11.3 Å². The van der Waals surface area contributed by atoms with E-state index in [9.17, 15) is 4.79 Å². The van der Waals surface area contributed by atoms with E-state index in [1.807, 2.05) is 71.5 Å². The summed E-state index contributed by atoms with van der Waals surface area (Å²) in [4.78, 5) is 16.1. The Morgan fingerprint density at radius 3 is 2.59 bits per heavy atom. The van der Waals surface area contributed by atoms with Crippen LogP contribution in [0.3, 0.4) is 0 Å². The standard InChI is InChI=1S/C23H19N3O3/c27-23(28-17-22-24-14-21(29-22)20-9-5-2-6-10-20)12-11-19-13-25-26(16-19)15-18-7-3-1-4-8-18/h1-14,16H,15,17H2/b12-11+. The van der Waals surface area contributed by atoms with Crippen LogP contribution in [0.15, 0.2) is 89.7 Å². The lowest BCUT2D eigenvalue weighted by atomic mass is 10.2. The second kappa shape index (κ2) is 8.84. The molecule has 6 nitrogen and oxygen atoms in total. The molecule has 4 aromatic rings. The topological polar surface area (TPSA) is 70.2 Å². The van der Waals surface area contributed by atoms with Crippen molar-refractivity contribution in [3.63, 3.8) is 0 Å². The highest BCUT2D eigenvalue weighted by molar-refractivity contribution is 5.86. The van der Waals surface area contributed by atoms with Crippen LogP contribution >= 0.6 is 0 Å². The predicted molar refractivity (Wildman–Crippen MR) is 109 cm³/mol. The normalized spacial score (nSPS) is 11.0. The third-order valence-corrected chi connectivity index (χ3v) is 4.20. The lowest BCUT2D eigenvalue weighted by Crippen LogP contribution is -2.00. The summed E-state index contributed by atoms with van der Waals surface area (Å²) in [6.45, 7) is 0.649. The van der Waals surface area contributed by atoms with Crippen LogP contribution in [-0.2, 0) is 22.7 Å². The maximum atomic E-state index is 12.0. The van der Waals surface area contributed by atoms with E-state index in [1.54, 1.807) is 18.5 Å². The lowest BCUT2D eigenvalue weighted by molar-refractivity contribution is -0.139. The van der Waals surface area contributed by atoms with Crippen molar-refractivity contribution in [2.45, 2.75) is 13.2 Å². The summed E-state index contributed by atoms with van der Waals surface area (Å²) in [5.74, 6) is 0.513. The first kappa shape index (κ1) is 18.4. The van der Waals surface area contributed by atoms with E-state index in [1.165, 1.54) is 6.08 Å². The number of hydrogen-bond acceptors (Lipinski definition) is 5. The monoisotopic (exact) mass is 385 g/mol. The first-order valence-corrected chi connectivity index (χ1v) is 9.17. The number of carbonyl (C=O) groups is 1. The van der Waals surface area contributed by atoms with E-state index in [0.717, 1.165) is 16.7 Å². The second-order valence-corrected chi connectivity index (χ2v) is 6.38. The summed E-state index contributed by atoms with van der Waals surface area (Å²) in [6.07, 6.45) is 8.23. The Kier molecular flexibility index (Phi) is 5.62. The summed E-state index contributed by atoms with van der Waals surface area (Å²) in [5.41, 5.74) is 2.90. The molecule has 0 aliphatic heterocycles. The van der Waals surface area contributed by atoms with Gasteiger partial charge in [-0.05, 0) is 11.6 Å². The van der Waals surface area contributed by atoms with Crippen LogP contribution < -0.4 is 0 Å². The van der Waals surface area contributed by atoms with Crippen molar-refractivity contribution in [2.24, 2.45) is 0 Å². The van der Waals surface area contributed by atoms with Crippen LogP contribution in [0.25, 0.3) is 17.4 Å². The van der Waals surface area contributed by atoms with E-state index < -0.39 is 5.97 Å². The molecule has 6 heteroatoms. The molecule has 0 atom stereocenters. The quantitative estimate of drug-likeness (QED) is 0.350. The highest BCUT2D eigenvalue weighted by Gasteiger charge is 2.08. The number of ether oxygens (including phenoxy) is 1. The molecule has 0 fully saturated rings. The van der Waals surface area contributed by atoms with Gasteiger partial charge in [0.1, 0.15) is 0 Å². The molecular formula is C23H19N3O3. The largest absolute Gasteiger partial charge is 0.453 e. The molecule has 0 aliphatic carbocycles.